The molecule has 1 aromatic carbocycles. The number of carboxylic acid groups (broad SMARTS) is 1. The Labute approximate surface area is 120 Å². The van der Waals surface area contributed by atoms with Gasteiger partial charge < -0.3 is 15.5 Å². The number of benzene rings is 1. The van der Waals surface area contributed by atoms with E-state index in [4.69, 9.17) is 5.11 Å². The van der Waals surface area contributed by atoms with Crippen molar-refractivity contribution in [2.75, 3.05) is 6.54 Å². The van der Waals surface area contributed by atoms with Gasteiger partial charge in [-0.25, -0.2) is 0 Å². The van der Waals surface area contributed by atoms with Crippen LogP contribution in [0.2, 0.25) is 0 Å². The van der Waals surface area contributed by atoms with Crippen LogP contribution in [0.4, 0.5) is 13.2 Å². The number of carbonyl (C=O) groups excluding carboxylic acids is 2. The summed E-state index contributed by atoms with van der Waals surface area (Å²) in [7, 11) is 0. The molecule has 0 radical (unpaired) electrons. The molecule has 0 heterocycles. The first-order valence-electron chi connectivity index (χ1n) is 5.83. The second-order valence-electron chi connectivity index (χ2n) is 4.36. The Bertz CT molecular complexity index is 721. The van der Waals surface area contributed by atoms with Crippen molar-refractivity contribution in [1.82, 2.24) is 5.32 Å². The summed E-state index contributed by atoms with van der Waals surface area (Å²) in [6, 6.07) is 2.69. The molecule has 1 aliphatic carbocycles. The van der Waals surface area contributed by atoms with Crippen LogP contribution in [0.3, 0.4) is 0 Å². The van der Waals surface area contributed by atoms with Crippen LogP contribution in [-0.2, 0) is 15.8 Å². The quantitative estimate of drug-likeness (QED) is 0.731. The smallest absolute Gasteiger partial charge is 0.417 e. The summed E-state index contributed by atoms with van der Waals surface area (Å²) < 4.78 is 38.7. The topological polar surface area (TPSA) is 104 Å². The van der Waals surface area contributed by atoms with E-state index in [0.29, 0.717) is 6.07 Å². The Balaban J connectivity index is 2.51. The second kappa shape index (κ2) is 5.17. The van der Waals surface area contributed by atoms with Gasteiger partial charge in [-0.1, -0.05) is 12.1 Å². The minimum Gasteiger partial charge on any atom is -0.506 e. The van der Waals surface area contributed by atoms with Crippen molar-refractivity contribution in [1.29, 1.82) is 0 Å². The molecule has 0 unspecified atom stereocenters. The third-order valence-corrected chi connectivity index (χ3v) is 2.94. The van der Waals surface area contributed by atoms with E-state index in [-0.39, 0.29) is 0 Å². The molecule has 0 saturated carbocycles. The van der Waals surface area contributed by atoms with Gasteiger partial charge in [0.25, 0.3) is 5.91 Å². The highest BCUT2D eigenvalue weighted by Crippen LogP contribution is 2.41. The largest absolute Gasteiger partial charge is 0.506 e. The lowest BCUT2D eigenvalue weighted by molar-refractivity contribution is -0.138. The summed E-state index contributed by atoms with van der Waals surface area (Å²) >= 11 is 0. The molecule has 9 heteroatoms. The van der Waals surface area contributed by atoms with Gasteiger partial charge in [-0.2, -0.15) is 13.2 Å². The van der Waals surface area contributed by atoms with Crippen LogP contribution in [0.15, 0.2) is 23.8 Å². The van der Waals surface area contributed by atoms with E-state index in [1.54, 1.807) is 0 Å². The first kappa shape index (κ1) is 15.5. The van der Waals surface area contributed by atoms with Crippen LogP contribution in [0, 0.1) is 0 Å². The van der Waals surface area contributed by atoms with E-state index in [2.05, 4.69) is 0 Å². The molecule has 0 aliphatic heterocycles. The number of Topliss-reactive ketones (excluding diaryl/α,β-unsaturated/α-hetero) is 1. The van der Waals surface area contributed by atoms with E-state index < -0.39 is 58.4 Å². The molecular formula is C13H8F3NO5. The lowest BCUT2D eigenvalue weighted by atomic mass is 10.0. The molecule has 1 aromatic rings. The van der Waals surface area contributed by atoms with Gasteiger partial charge in [0.2, 0.25) is 5.78 Å². The minimum absolute atomic E-state index is 0.465. The van der Waals surface area contributed by atoms with Gasteiger partial charge >= 0.3 is 12.1 Å². The Morgan fingerprint density at radius 1 is 1.23 bits per heavy atom. The lowest BCUT2D eigenvalue weighted by Crippen LogP contribution is -2.32. The number of alkyl halides is 3. The normalized spacial score (nSPS) is 14.0. The van der Waals surface area contributed by atoms with Crippen LogP contribution in [0.5, 0.6) is 0 Å². The number of aliphatic hydroxyl groups excluding tert-OH is 1. The van der Waals surface area contributed by atoms with Gasteiger partial charge in [-0.05, 0) is 6.07 Å². The molecule has 0 aromatic heterocycles. The zero-order valence-electron chi connectivity index (χ0n) is 10.7. The number of carboxylic acids is 1. The Morgan fingerprint density at radius 2 is 1.86 bits per heavy atom. The minimum atomic E-state index is -4.83. The number of hydrogen-bond donors (Lipinski definition) is 3. The van der Waals surface area contributed by atoms with E-state index in [0.717, 1.165) is 12.1 Å². The number of nitrogens with one attached hydrogen (secondary N) is 1. The van der Waals surface area contributed by atoms with Crippen molar-refractivity contribution in [2.24, 2.45) is 0 Å². The summed E-state index contributed by atoms with van der Waals surface area (Å²) in [5.74, 6) is -4.88. The summed E-state index contributed by atoms with van der Waals surface area (Å²) in [5, 5.41) is 20.1. The monoisotopic (exact) mass is 315 g/mol. The zero-order chi connectivity index (χ0) is 16.7. The molecule has 116 valence electrons. The highest BCUT2D eigenvalue weighted by atomic mass is 19.4. The number of rotatable bonds is 3. The van der Waals surface area contributed by atoms with Gasteiger partial charge in [0.05, 0.1) is 5.56 Å². The van der Waals surface area contributed by atoms with Crippen LogP contribution >= 0.6 is 0 Å². The molecule has 1 amide bonds. The van der Waals surface area contributed by atoms with Crippen LogP contribution in [0.25, 0.3) is 5.76 Å². The number of ketones is 1. The van der Waals surface area contributed by atoms with Crippen LogP contribution < -0.4 is 5.32 Å². The van der Waals surface area contributed by atoms with Crippen molar-refractivity contribution in [3.05, 3.63) is 40.5 Å². The van der Waals surface area contributed by atoms with Crippen molar-refractivity contribution < 1.29 is 37.8 Å². The molecule has 2 rings (SSSR count). The summed E-state index contributed by atoms with van der Waals surface area (Å²) in [6.07, 6.45) is -4.83. The zero-order valence-corrected chi connectivity index (χ0v) is 10.7. The molecule has 3 N–H and O–H groups in total. The number of aliphatic hydroxyl groups is 1. The van der Waals surface area contributed by atoms with Gasteiger partial charge in [0, 0.05) is 11.1 Å². The second-order valence-corrected chi connectivity index (χ2v) is 4.36. The van der Waals surface area contributed by atoms with E-state index >= 15 is 0 Å². The fraction of sp³-hybridized carbons (Fsp3) is 0.154. The summed E-state index contributed by atoms with van der Waals surface area (Å²) in [4.78, 5) is 34.0. The third-order valence-electron chi connectivity index (χ3n) is 2.94. The van der Waals surface area contributed by atoms with Crippen LogP contribution in [-0.4, -0.2) is 34.4 Å². The maximum absolute atomic E-state index is 12.9. The average Bonchev–Trinajstić information content (AvgIpc) is 2.67. The number of hydrogen-bond acceptors (Lipinski definition) is 4. The van der Waals surface area contributed by atoms with Crippen molar-refractivity contribution in [2.45, 2.75) is 6.18 Å². The first-order chi connectivity index (χ1) is 10.1. The molecule has 0 bridgehead atoms. The summed E-state index contributed by atoms with van der Waals surface area (Å²) in [5.41, 5.74) is -3.40. The molecule has 6 nitrogen and oxygen atoms in total. The van der Waals surface area contributed by atoms with E-state index in [1.165, 1.54) is 0 Å². The van der Waals surface area contributed by atoms with Crippen molar-refractivity contribution in [3.63, 3.8) is 0 Å². The first-order valence-corrected chi connectivity index (χ1v) is 5.83. The molecule has 1 aliphatic rings. The summed E-state index contributed by atoms with van der Waals surface area (Å²) in [6.45, 7) is -0.842. The van der Waals surface area contributed by atoms with Gasteiger partial charge in [0.15, 0.2) is 0 Å². The number of fused-ring (bicyclic) bond motifs is 1. The number of amides is 1. The number of carbonyl (C=O) groups is 3. The molecule has 0 saturated heterocycles. The van der Waals surface area contributed by atoms with Crippen molar-refractivity contribution in [3.8, 4) is 0 Å². The number of aliphatic carboxylic acids is 1. The van der Waals surface area contributed by atoms with E-state index in [1.807, 2.05) is 5.32 Å². The Hall–Kier alpha value is -2.84. The molecule has 0 spiro atoms. The standard InChI is InChI=1S/C13H8F3NO5/c14-13(15,16)6-3-1-2-5-8(6)11(21)9(10(5)20)12(22)17-4-7(18)19/h1-3,21H,4H2,(H,17,22)(H,18,19). The molecule has 22 heavy (non-hydrogen) atoms. The highest BCUT2D eigenvalue weighted by molar-refractivity contribution is 6.34. The molecule has 0 fully saturated rings. The Morgan fingerprint density at radius 3 is 2.41 bits per heavy atom. The predicted octanol–water partition coefficient (Wildman–Crippen LogP) is 1.37. The maximum Gasteiger partial charge on any atom is 0.417 e. The number of halogens is 3. The average molecular weight is 315 g/mol. The van der Waals surface area contributed by atoms with E-state index in [9.17, 15) is 32.7 Å². The lowest BCUT2D eigenvalue weighted by Gasteiger charge is -2.11. The fourth-order valence-electron chi connectivity index (χ4n) is 2.06. The predicted molar refractivity (Wildman–Crippen MR) is 66.0 cm³/mol. The Kier molecular flexibility index (Phi) is 3.65. The van der Waals surface area contributed by atoms with Crippen LogP contribution in [0.1, 0.15) is 21.5 Å². The molecule has 0 atom stereocenters. The van der Waals surface area contributed by atoms with Gasteiger partial charge in [-0.15, -0.1) is 0 Å². The maximum atomic E-state index is 12.9. The SMILES string of the molecule is O=C(O)CNC(=O)C1=C(O)c2c(cccc2C(F)(F)F)C1=O. The fourth-order valence-corrected chi connectivity index (χ4v) is 2.06. The van der Waals surface area contributed by atoms with Gasteiger partial charge in [-0.3, -0.25) is 14.4 Å². The highest BCUT2D eigenvalue weighted by Gasteiger charge is 2.42. The van der Waals surface area contributed by atoms with Gasteiger partial charge in [0.1, 0.15) is 17.9 Å². The third kappa shape index (κ3) is 2.52. The van der Waals surface area contributed by atoms with Crippen molar-refractivity contribution >= 4 is 23.4 Å². The molecular weight excluding hydrogens is 307 g/mol.